The fourth-order valence-electron chi connectivity index (χ4n) is 21.0. The number of hydrogen-bond acceptors (Lipinski definition) is 7. The van der Waals surface area contributed by atoms with Gasteiger partial charge in [0.05, 0.1) is 102 Å². The number of anilines is 9. The highest BCUT2D eigenvalue weighted by Crippen LogP contribution is 2.54. The highest BCUT2D eigenvalue weighted by molar-refractivity contribution is 7.25. The molecule has 0 N–H and O–H groups in total. The first-order valence-corrected chi connectivity index (χ1v) is 47.2. The molecule has 0 aliphatic heterocycles. The van der Waals surface area contributed by atoms with Crippen molar-refractivity contribution in [2.75, 3.05) is 14.7 Å². The Hall–Kier alpha value is -17.6. The molecule has 7 aromatic heterocycles. The van der Waals surface area contributed by atoms with E-state index in [9.17, 15) is 0 Å². The van der Waals surface area contributed by atoms with Crippen LogP contribution >= 0.6 is 11.3 Å². The molecule has 0 amide bonds. The minimum atomic E-state index is -0.0879. The lowest BCUT2D eigenvalue weighted by molar-refractivity contribution is 0.660. The van der Waals surface area contributed by atoms with Gasteiger partial charge in [0.1, 0.15) is 0 Å². The lowest BCUT2D eigenvalue weighted by Gasteiger charge is -2.28. The van der Waals surface area contributed by atoms with Crippen molar-refractivity contribution in [3.05, 3.63) is 503 Å². The van der Waals surface area contributed by atoms with Gasteiger partial charge >= 0.3 is 0 Å². The van der Waals surface area contributed by atoms with Gasteiger partial charge in [-0.15, -0.1) is 11.3 Å². The molecule has 0 fully saturated rings. The SMILES string of the molecule is CC1(C)c2ccccc2-c2ccc(N(c3ccccc3)c3cccc4c3c3ccccc3n4-c3cnc4ccccc4c3)cc21.c1ccc(-c2cc(-c3ccccc3)cc(N(c3ccccc3)c3cccc4c3c3ccccc3n4-c3cnc4ccccc4c3)c2)cc1.c1ccc(N(c2ccc3sc4ccccc4c3c2)c2cccc3c2c2ccccc2n3-c2cnc3ccccc3c2)cc1. The summed E-state index contributed by atoms with van der Waals surface area (Å²) in [7, 11) is 0. The quantitative estimate of drug-likeness (QED) is 0.108. The van der Waals surface area contributed by atoms with Gasteiger partial charge in [-0.2, -0.15) is 0 Å². The second kappa shape index (κ2) is 33.7. The van der Waals surface area contributed by atoms with Crippen LogP contribution in [0.1, 0.15) is 25.0 Å². The molecule has 0 unspecified atom stereocenters. The third-order valence-corrected chi connectivity index (χ3v) is 28.3. The third kappa shape index (κ3) is 14.0. The van der Waals surface area contributed by atoms with E-state index in [0.717, 1.165) is 134 Å². The van der Waals surface area contributed by atoms with Crippen molar-refractivity contribution in [1.82, 2.24) is 28.7 Å². The summed E-state index contributed by atoms with van der Waals surface area (Å²) in [5.74, 6) is 0. The molecule has 0 atom stereocenters. The lowest BCUT2D eigenvalue weighted by Crippen LogP contribution is -2.16. The monoisotopic (exact) mass is 1760 g/mol. The summed E-state index contributed by atoms with van der Waals surface area (Å²) in [5, 5.41) is 13.2. The summed E-state index contributed by atoms with van der Waals surface area (Å²) < 4.78 is 9.68. The fourth-order valence-corrected chi connectivity index (χ4v) is 22.1. The zero-order chi connectivity index (χ0) is 90.3. The van der Waals surface area contributed by atoms with Crippen LogP contribution in [0.4, 0.5) is 51.2 Å². The Morgan fingerprint density at radius 3 is 1.01 bits per heavy atom. The topological polar surface area (TPSA) is 63.2 Å². The van der Waals surface area contributed by atoms with Gasteiger partial charge < -0.3 is 28.4 Å². The van der Waals surface area contributed by atoms with Gasteiger partial charge in [0.15, 0.2) is 0 Å². The largest absolute Gasteiger partial charge is 0.310 e. The maximum Gasteiger partial charge on any atom is 0.0703 e. The molecule has 26 aromatic rings. The number of hydrogen-bond donors (Lipinski definition) is 0. The summed E-state index contributed by atoms with van der Waals surface area (Å²) in [6.45, 7) is 4.69. The molecule has 0 saturated heterocycles. The van der Waals surface area contributed by atoms with Crippen LogP contribution in [0.25, 0.3) is 169 Å². The lowest BCUT2D eigenvalue weighted by atomic mass is 9.82. The standard InChI is InChI=1S/C45H31N3.C42H31N3.C39H25N3S/c1-4-15-32(16-5-1)35-27-36(33-17-6-2-7-18-33)30-38(29-35)47(37-20-8-3-9-21-37)43-25-14-26-44-45(43)40-22-11-13-24-42(40)48(44)39-28-34-19-10-12-23-41(34)46-31-39;1-42(2)35-18-9-7-16-32(35)33-24-23-30(26-36(33)42)44(29-14-4-3-5-15-29)39-21-12-22-40-41(39)34-17-8-11-20-38(34)45(40)31-25-28-13-6-10-19-37(28)43-27-31;1-2-12-27(13-3-1)41(28-21-22-38-32(24-28)30-14-6-9-20-37(30)43-38)35-18-10-19-36-39(35)31-15-5-8-17-34(31)42(36)29-23-26-11-4-7-16-33(26)40-25-29/h1-31H;3-27H,1-2H3;1-25H. The molecule has 7 heterocycles. The summed E-state index contributed by atoms with van der Waals surface area (Å²) in [6, 6.07) is 170. The van der Waals surface area contributed by atoms with E-state index in [1.54, 1.807) is 0 Å². The molecule has 0 bridgehead atoms. The molecule has 0 saturated carbocycles. The first kappa shape index (κ1) is 80.5. The molecule has 1 aliphatic rings. The van der Waals surface area contributed by atoms with E-state index in [0.29, 0.717) is 0 Å². The minimum Gasteiger partial charge on any atom is -0.310 e. The minimum absolute atomic E-state index is 0.0879. The van der Waals surface area contributed by atoms with Crippen LogP contribution in [-0.4, -0.2) is 28.7 Å². The third-order valence-electron chi connectivity index (χ3n) is 27.1. The van der Waals surface area contributed by atoms with Crippen molar-refractivity contribution in [3.8, 4) is 50.4 Å². The number of benzene rings is 19. The highest BCUT2D eigenvalue weighted by atomic mass is 32.1. The van der Waals surface area contributed by atoms with Crippen LogP contribution in [0.2, 0.25) is 0 Å². The Kier molecular flexibility index (Phi) is 19.9. The highest BCUT2D eigenvalue weighted by Gasteiger charge is 2.37. The van der Waals surface area contributed by atoms with Gasteiger partial charge in [-0.25, -0.2) is 0 Å². The van der Waals surface area contributed by atoms with Crippen molar-refractivity contribution in [3.63, 3.8) is 0 Å². The second-order valence-corrected chi connectivity index (χ2v) is 36.5. The maximum absolute atomic E-state index is 4.85. The average Bonchev–Trinajstić information content (AvgIpc) is 1.57. The number of fused-ring (bicyclic) bond motifs is 18. The Morgan fingerprint density at radius 1 is 0.221 bits per heavy atom. The van der Waals surface area contributed by atoms with E-state index >= 15 is 0 Å². The van der Waals surface area contributed by atoms with E-state index in [4.69, 9.17) is 15.0 Å². The van der Waals surface area contributed by atoms with Crippen molar-refractivity contribution >= 4 is 181 Å². The van der Waals surface area contributed by atoms with E-state index in [2.05, 4.69) is 497 Å². The molecule has 642 valence electrons. The number of thiophene rings is 1. The van der Waals surface area contributed by atoms with Crippen LogP contribution in [0, 0.1) is 0 Å². The summed E-state index contributed by atoms with van der Waals surface area (Å²) in [5.41, 5.74) is 33.2. The zero-order valence-corrected chi connectivity index (χ0v) is 75.5. The molecule has 10 heteroatoms. The van der Waals surface area contributed by atoms with Gasteiger partial charge in [0.25, 0.3) is 0 Å². The molecular formula is C126H87N9S. The van der Waals surface area contributed by atoms with Crippen molar-refractivity contribution in [1.29, 1.82) is 0 Å². The van der Waals surface area contributed by atoms with E-state index in [1.165, 1.54) is 97.0 Å². The number of nitrogens with zero attached hydrogens (tertiary/aromatic N) is 9. The van der Waals surface area contributed by atoms with Crippen LogP contribution in [0.15, 0.2) is 492 Å². The fraction of sp³-hybridized carbons (Fsp3) is 0.0238. The molecule has 27 rings (SSSR count). The molecule has 9 nitrogen and oxygen atoms in total. The van der Waals surface area contributed by atoms with Crippen LogP contribution in [-0.2, 0) is 5.41 Å². The molecule has 1 aliphatic carbocycles. The summed E-state index contributed by atoms with van der Waals surface area (Å²) in [6.07, 6.45) is 5.98. The van der Waals surface area contributed by atoms with E-state index < -0.39 is 0 Å². The number of para-hydroxylation sites is 9. The number of rotatable bonds is 14. The summed E-state index contributed by atoms with van der Waals surface area (Å²) in [4.78, 5) is 21.8. The van der Waals surface area contributed by atoms with Gasteiger partial charge in [0, 0.05) is 108 Å². The van der Waals surface area contributed by atoms with Crippen molar-refractivity contribution < 1.29 is 0 Å². The Morgan fingerprint density at radius 2 is 0.559 bits per heavy atom. The molecule has 0 radical (unpaired) electrons. The molecule has 136 heavy (non-hydrogen) atoms. The molecular weight excluding hydrogens is 1670 g/mol. The average molecular weight is 1760 g/mol. The Labute approximate surface area is 791 Å². The first-order valence-electron chi connectivity index (χ1n) is 46.3. The summed E-state index contributed by atoms with van der Waals surface area (Å²) >= 11 is 1.85. The molecule has 0 spiro atoms. The smallest absolute Gasteiger partial charge is 0.0703 e. The van der Waals surface area contributed by atoms with Crippen molar-refractivity contribution in [2.45, 2.75) is 19.3 Å². The molecule has 19 aromatic carbocycles. The van der Waals surface area contributed by atoms with Crippen LogP contribution < -0.4 is 14.7 Å². The van der Waals surface area contributed by atoms with E-state index in [1.807, 2.05) is 48.1 Å². The van der Waals surface area contributed by atoms with E-state index in [-0.39, 0.29) is 5.41 Å². The van der Waals surface area contributed by atoms with Crippen molar-refractivity contribution in [2.24, 2.45) is 0 Å². The van der Waals surface area contributed by atoms with Crippen LogP contribution in [0.3, 0.4) is 0 Å². The Bertz CT molecular complexity index is 9060. The van der Waals surface area contributed by atoms with Gasteiger partial charge in [-0.3, -0.25) is 15.0 Å². The number of pyridine rings is 3. The predicted octanol–water partition coefficient (Wildman–Crippen LogP) is 34.4. The Balaban J connectivity index is 0.000000109. The second-order valence-electron chi connectivity index (χ2n) is 35.4. The van der Waals surface area contributed by atoms with Gasteiger partial charge in [-0.05, 0) is 226 Å². The predicted molar refractivity (Wildman–Crippen MR) is 574 cm³/mol. The zero-order valence-electron chi connectivity index (χ0n) is 74.7. The maximum atomic E-state index is 4.85. The normalized spacial score (nSPS) is 12.1. The van der Waals surface area contributed by atoms with Gasteiger partial charge in [-0.1, -0.05) is 305 Å². The van der Waals surface area contributed by atoms with Gasteiger partial charge in [0.2, 0.25) is 0 Å². The number of aromatic nitrogens is 6. The van der Waals surface area contributed by atoms with Crippen LogP contribution in [0.5, 0.6) is 0 Å². The first-order chi connectivity index (χ1) is 67.2.